The van der Waals surface area contributed by atoms with Gasteiger partial charge in [0.05, 0.1) is 17.7 Å². The molecule has 0 spiro atoms. The van der Waals surface area contributed by atoms with Crippen LogP contribution in [0.4, 0.5) is 4.39 Å². The predicted octanol–water partition coefficient (Wildman–Crippen LogP) is 3.81. The minimum atomic E-state index is -3.14. The van der Waals surface area contributed by atoms with Crippen LogP contribution in [0.15, 0.2) is 65.4 Å². The maximum absolute atomic E-state index is 13.4. The highest BCUT2D eigenvalue weighted by molar-refractivity contribution is 7.91. The summed E-state index contributed by atoms with van der Waals surface area (Å²) in [6.45, 7) is 0.265. The van der Waals surface area contributed by atoms with E-state index in [2.05, 4.69) is 10.3 Å². The predicted molar refractivity (Wildman–Crippen MR) is 140 cm³/mol. The Hall–Kier alpha value is -3.53. The van der Waals surface area contributed by atoms with Crippen LogP contribution < -0.4 is 5.32 Å². The third-order valence-electron chi connectivity index (χ3n) is 7.37. The molecular formula is C28H30FN3O5S. The lowest BCUT2D eigenvalue weighted by atomic mass is 10.0. The number of aromatic nitrogens is 1. The van der Waals surface area contributed by atoms with Crippen LogP contribution in [0.3, 0.4) is 0 Å². The molecule has 1 aliphatic heterocycles. The first kappa shape index (κ1) is 26.1. The Bertz CT molecular complexity index is 1360. The van der Waals surface area contributed by atoms with Crippen molar-refractivity contribution in [3.63, 3.8) is 0 Å². The van der Waals surface area contributed by atoms with Gasteiger partial charge in [-0.3, -0.25) is 9.59 Å². The topological polar surface area (TPSA) is 110 Å². The molecule has 10 heteroatoms. The van der Waals surface area contributed by atoms with E-state index in [1.807, 2.05) is 12.1 Å². The van der Waals surface area contributed by atoms with Crippen LogP contribution >= 0.6 is 0 Å². The van der Waals surface area contributed by atoms with E-state index in [9.17, 15) is 22.4 Å². The number of halogens is 1. The number of oxazole rings is 1. The molecule has 2 fully saturated rings. The van der Waals surface area contributed by atoms with Crippen LogP contribution in [0.1, 0.15) is 47.5 Å². The minimum absolute atomic E-state index is 0.0664. The lowest BCUT2D eigenvalue weighted by molar-refractivity contribution is -0.133. The van der Waals surface area contributed by atoms with Gasteiger partial charge in [0.2, 0.25) is 11.8 Å². The average molecular weight is 540 g/mol. The normalized spacial score (nSPS) is 21.0. The highest BCUT2D eigenvalue weighted by Crippen LogP contribution is 2.50. The standard InChI is InChI=1S/C28H30FN3O5S/c29-23-10-8-19(9-11-23)24-18-22(24)2-1-3-25(28(34)32-13-16-38(35,36)17-14-32)31-26(33)20-4-6-21(7-5-20)27-30-12-15-37-27/h4-12,15,22,24-25H,1-3,13-14,16-18H2,(H,31,33)/t22-,24+,25+/m1/s1. The minimum Gasteiger partial charge on any atom is -0.445 e. The first-order chi connectivity index (χ1) is 18.3. The molecule has 2 aliphatic rings. The summed E-state index contributed by atoms with van der Waals surface area (Å²) in [7, 11) is -3.14. The molecule has 2 amide bonds. The Balaban J connectivity index is 1.21. The molecule has 3 aromatic rings. The van der Waals surface area contributed by atoms with Crippen molar-refractivity contribution in [2.24, 2.45) is 5.92 Å². The van der Waals surface area contributed by atoms with Crippen molar-refractivity contribution in [2.75, 3.05) is 24.6 Å². The molecule has 8 nitrogen and oxygen atoms in total. The number of carbonyl (C=O) groups excluding carboxylic acids is 2. The van der Waals surface area contributed by atoms with Crippen molar-refractivity contribution in [1.29, 1.82) is 0 Å². The maximum atomic E-state index is 13.4. The molecular weight excluding hydrogens is 509 g/mol. The lowest BCUT2D eigenvalue weighted by Crippen LogP contribution is -2.52. The molecule has 1 aromatic heterocycles. The molecule has 1 aliphatic carbocycles. The molecule has 5 rings (SSSR count). The van der Waals surface area contributed by atoms with Gasteiger partial charge in [0.1, 0.15) is 18.1 Å². The molecule has 0 bridgehead atoms. The zero-order valence-electron chi connectivity index (χ0n) is 20.9. The van der Waals surface area contributed by atoms with Crippen LogP contribution in [-0.2, 0) is 14.6 Å². The second-order valence-corrected chi connectivity index (χ2v) is 12.3. The summed E-state index contributed by atoms with van der Waals surface area (Å²) >= 11 is 0. The molecule has 2 aromatic carbocycles. The van der Waals surface area contributed by atoms with Gasteiger partial charge in [-0.2, -0.15) is 0 Å². The van der Waals surface area contributed by atoms with Crippen molar-refractivity contribution < 1.29 is 26.8 Å². The van der Waals surface area contributed by atoms with Crippen molar-refractivity contribution in [1.82, 2.24) is 15.2 Å². The summed E-state index contributed by atoms with van der Waals surface area (Å²) in [5.41, 5.74) is 2.26. The van der Waals surface area contributed by atoms with Gasteiger partial charge in [-0.15, -0.1) is 0 Å². The number of amides is 2. The first-order valence-electron chi connectivity index (χ1n) is 12.8. The van der Waals surface area contributed by atoms with Crippen molar-refractivity contribution in [3.05, 3.63) is 77.9 Å². The molecule has 2 heterocycles. The summed E-state index contributed by atoms with van der Waals surface area (Å²) in [5.74, 6) is 0.304. The molecule has 200 valence electrons. The van der Waals surface area contributed by atoms with Crippen molar-refractivity contribution in [3.8, 4) is 11.5 Å². The van der Waals surface area contributed by atoms with Gasteiger partial charge in [0.25, 0.3) is 5.91 Å². The fourth-order valence-corrected chi connectivity index (χ4v) is 6.25. The van der Waals surface area contributed by atoms with E-state index >= 15 is 0 Å². The maximum Gasteiger partial charge on any atom is 0.251 e. The van der Waals surface area contributed by atoms with Crippen LogP contribution in [0, 0.1) is 11.7 Å². The number of nitrogens with one attached hydrogen (secondary N) is 1. The molecule has 1 saturated heterocycles. The van der Waals surface area contributed by atoms with Crippen molar-refractivity contribution >= 4 is 21.7 Å². The number of hydrogen-bond acceptors (Lipinski definition) is 6. The molecule has 0 radical (unpaired) electrons. The fourth-order valence-electron chi connectivity index (χ4n) is 5.05. The zero-order valence-corrected chi connectivity index (χ0v) is 21.7. The number of hydrogen-bond donors (Lipinski definition) is 1. The third-order valence-corrected chi connectivity index (χ3v) is 8.98. The van der Waals surface area contributed by atoms with E-state index in [1.165, 1.54) is 23.3 Å². The SMILES string of the molecule is O=C(N[C@@H](CCC[C@@H]1C[C@H]1c1ccc(F)cc1)C(=O)N1CCS(=O)(=O)CC1)c1ccc(-c2ncco2)cc1. The molecule has 3 atom stereocenters. The Morgan fingerprint density at radius 1 is 1.08 bits per heavy atom. The van der Waals surface area contributed by atoms with Crippen LogP contribution in [0.5, 0.6) is 0 Å². The van der Waals surface area contributed by atoms with Gasteiger partial charge in [0.15, 0.2) is 9.84 Å². The smallest absolute Gasteiger partial charge is 0.251 e. The van der Waals surface area contributed by atoms with E-state index in [-0.39, 0.29) is 42.2 Å². The van der Waals surface area contributed by atoms with Crippen LogP contribution in [0.25, 0.3) is 11.5 Å². The summed E-state index contributed by atoms with van der Waals surface area (Å²) < 4.78 is 42.2. The van der Waals surface area contributed by atoms with E-state index in [1.54, 1.807) is 30.5 Å². The fraction of sp³-hybridized carbons (Fsp3) is 0.393. The van der Waals surface area contributed by atoms with Gasteiger partial charge in [-0.1, -0.05) is 18.6 Å². The summed E-state index contributed by atoms with van der Waals surface area (Å²) in [6.07, 6.45) is 6.12. The van der Waals surface area contributed by atoms with E-state index < -0.39 is 15.9 Å². The van der Waals surface area contributed by atoms with Gasteiger partial charge >= 0.3 is 0 Å². The van der Waals surface area contributed by atoms with Crippen LogP contribution in [0.2, 0.25) is 0 Å². The monoisotopic (exact) mass is 539 g/mol. The quantitative estimate of drug-likeness (QED) is 0.443. The van der Waals surface area contributed by atoms with Gasteiger partial charge in [0, 0.05) is 24.2 Å². The summed E-state index contributed by atoms with van der Waals surface area (Å²) in [5, 5.41) is 2.89. The Morgan fingerprint density at radius 2 is 1.79 bits per heavy atom. The number of nitrogens with zero attached hydrogens (tertiary/aromatic N) is 2. The number of rotatable bonds is 9. The van der Waals surface area contributed by atoms with E-state index in [4.69, 9.17) is 4.42 Å². The Morgan fingerprint density at radius 3 is 2.45 bits per heavy atom. The van der Waals surface area contributed by atoms with Crippen LogP contribution in [-0.4, -0.2) is 60.8 Å². The number of sulfone groups is 1. The Labute approximate surface area is 221 Å². The molecule has 1 saturated carbocycles. The van der Waals surface area contributed by atoms with E-state index in [0.717, 1.165) is 30.4 Å². The zero-order chi connectivity index (χ0) is 26.7. The number of carbonyl (C=O) groups is 2. The highest BCUT2D eigenvalue weighted by atomic mass is 32.2. The third kappa shape index (κ3) is 6.30. The van der Waals surface area contributed by atoms with Gasteiger partial charge in [-0.25, -0.2) is 17.8 Å². The first-order valence-corrected chi connectivity index (χ1v) is 14.7. The van der Waals surface area contributed by atoms with Gasteiger partial charge in [-0.05, 0) is 73.1 Å². The second-order valence-electron chi connectivity index (χ2n) is 10.0. The van der Waals surface area contributed by atoms with Crippen molar-refractivity contribution in [2.45, 2.75) is 37.6 Å². The molecule has 0 unspecified atom stereocenters. The van der Waals surface area contributed by atoms with Gasteiger partial charge < -0.3 is 14.6 Å². The number of benzene rings is 2. The molecule has 38 heavy (non-hydrogen) atoms. The largest absolute Gasteiger partial charge is 0.445 e. The van der Waals surface area contributed by atoms with E-state index in [0.29, 0.717) is 29.7 Å². The second kappa shape index (κ2) is 11.1. The summed E-state index contributed by atoms with van der Waals surface area (Å²) in [6, 6.07) is 12.6. The average Bonchev–Trinajstić information content (AvgIpc) is 3.46. The molecule has 1 N–H and O–H groups in total. The highest BCUT2D eigenvalue weighted by Gasteiger charge is 2.38. The summed E-state index contributed by atoms with van der Waals surface area (Å²) in [4.78, 5) is 32.1. The lowest BCUT2D eigenvalue weighted by Gasteiger charge is -2.30. The Kier molecular flexibility index (Phi) is 7.60.